The van der Waals surface area contributed by atoms with E-state index < -0.39 is 0 Å². The summed E-state index contributed by atoms with van der Waals surface area (Å²) in [6, 6.07) is 5.99. The van der Waals surface area contributed by atoms with Gasteiger partial charge in [-0.15, -0.1) is 0 Å². The van der Waals surface area contributed by atoms with Gasteiger partial charge in [-0.05, 0) is 51.0 Å². The number of fused-ring (bicyclic) bond motifs is 1. The molecule has 0 fully saturated rings. The predicted molar refractivity (Wildman–Crippen MR) is 111 cm³/mol. The van der Waals surface area contributed by atoms with E-state index in [0.717, 1.165) is 65.6 Å². The molecule has 2 bridgehead atoms. The second-order valence-electron chi connectivity index (χ2n) is 7.43. The third-order valence-corrected chi connectivity index (χ3v) is 5.36. The Hall–Kier alpha value is -3.09. The lowest BCUT2D eigenvalue weighted by Gasteiger charge is -2.22. The Kier molecular flexibility index (Phi) is 4.66. The average Bonchev–Trinajstić information content (AvgIpc) is 3.23. The van der Waals surface area contributed by atoms with Crippen molar-refractivity contribution in [3.63, 3.8) is 0 Å². The Bertz CT molecular complexity index is 1050. The van der Waals surface area contributed by atoms with E-state index in [2.05, 4.69) is 33.6 Å². The molecule has 0 spiro atoms. The van der Waals surface area contributed by atoms with E-state index in [9.17, 15) is 4.79 Å². The molecule has 7 nitrogen and oxygen atoms in total. The molecule has 2 amide bonds. The summed E-state index contributed by atoms with van der Waals surface area (Å²) in [5.74, 6) is 0.769. The standard InChI is InChI=1S/C21H26N6O/c1-5-18-22-14(3)19(25-18)17-12-15-8-9-16-13(2)23-21(28)26(4)10-6-7-11-27(17)20(15)24-16/h5,8-9,12-13H,1,6-7,10-11H2,2-4H3,(H,22,25)(H,23,28)/t13-/m1/s1. The van der Waals surface area contributed by atoms with Crippen molar-refractivity contribution in [3.8, 4) is 11.4 Å². The van der Waals surface area contributed by atoms with Crippen LogP contribution in [-0.4, -0.2) is 44.0 Å². The Labute approximate surface area is 164 Å². The van der Waals surface area contributed by atoms with Gasteiger partial charge in [-0.3, -0.25) is 0 Å². The van der Waals surface area contributed by atoms with Crippen LogP contribution in [0.25, 0.3) is 28.5 Å². The summed E-state index contributed by atoms with van der Waals surface area (Å²) in [6.45, 7) is 9.36. The molecule has 146 valence electrons. The molecule has 0 unspecified atom stereocenters. The van der Waals surface area contributed by atoms with Crippen LogP contribution in [0.15, 0.2) is 24.8 Å². The first-order chi connectivity index (χ1) is 13.5. The molecule has 2 N–H and O–H groups in total. The van der Waals surface area contributed by atoms with Crippen LogP contribution >= 0.6 is 0 Å². The maximum Gasteiger partial charge on any atom is 0.317 e. The third-order valence-electron chi connectivity index (χ3n) is 5.36. The fourth-order valence-electron chi connectivity index (χ4n) is 3.73. The molecule has 0 aliphatic carbocycles. The molecule has 1 aliphatic rings. The molecule has 7 heteroatoms. The van der Waals surface area contributed by atoms with Crippen LogP contribution in [0, 0.1) is 6.92 Å². The van der Waals surface area contributed by atoms with Crippen molar-refractivity contribution in [2.75, 3.05) is 13.6 Å². The molecule has 4 rings (SSSR count). The Morgan fingerprint density at radius 2 is 2.04 bits per heavy atom. The van der Waals surface area contributed by atoms with E-state index in [4.69, 9.17) is 9.97 Å². The molecule has 0 radical (unpaired) electrons. The number of hydrogen-bond donors (Lipinski definition) is 2. The van der Waals surface area contributed by atoms with Crippen molar-refractivity contribution in [1.82, 2.24) is 29.7 Å². The summed E-state index contributed by atoms with van der Waals surface area (Å²) in [6.07, 6.45) is 3.61. The number of amides is 2. The summed E-state index contributed by atoms with van der Waals surface area (Å²) in [5, 5.41) is 4.11. The topological polar surface area (TPSA) is 78.8 Å². The number of H-pyrrole nitrogens is 1. The van der Waals surface area contributed by atoms with E-state index in [1.54, 1.807) is 11.0 Å². The van der Waals surface area contributed by atoms with E-state index in [1.807, 2.05) is 27.0 Å². The molecule has 1 atom stereocenters. The quantitative estimate of drug-likeness (QED) is 0.710. The van der Waals surface area contributed by atoms with Gasteiger partial charge in [0, 0.05) is 31.2 Å². The van der Waals surface area contributed by atoms with E-state index in [0.29, 0.717) is 0 Å². The number of imidazole rings is 1. The monoisotopic (exact) mass is 378 g/mol. The highest BCUT2D eigenvalue weighted by Gasteiger charge is 2.20. The number of nitrogens with zero attached hydrogens (tertiary/aromatic N) is 4. The lowest BCUT2D eigenvalue weighted by atomic mass is 10.2. The molecule has 3 aromatic rings. The zero-order valence-corrected chi connectivity index (χ0v) is 16.6. The molecule has 0 aromatic carbocycles. The van der Waals surface area contributed by atoms with Gasteiger partial charge in [0.1, 0.15) is 17.2 Å². The van der Waals surface area contributed by atoms with Gasteiger partial charge in [0.05, 0.1) is 17.4 Å². The first kappa shape index (κ1) is 18.3. The molecular weight excluding hydrogens is 352 g/mol. The van der Waals surface area contributed by atoms with Gasteiger partial charge in [-0.2, -0.15) is 0 Å². The van der Waals surface area contributed by atoms with E-state index >= 15 is 0 Å². The van der Waals surface area contributed by atoms with Crippen molar-refractivity contribution >= 4 is 23.1 Å². The number of pyridine rings is 1. The molecule has 0 saturated heterocycles. The minimum absolute atomic E-state index is 0.0601. The van der Waals surface area contributed by atoms with Crippen molar-refractivity contribution in [2.45, 2.75) is 39.3 Å². The van der Waals surface area contributed by atoms with Gasteiger partial charge in [0.2, 0.25) is 0 Å². The minimum Gasteiger partial charge on any atom is -0.342 e. The smallest absolute Gasteiger partial charge is 0.317 e. The average molecular weight is 378 g/mol. The first-order valence-electron chi connectivity index (χ1n) is 9.69. The maximum absolute atomic E-state index is 12.3. The summed E-state index contributed by atoms with van der Waals surface area (Å²) in [5.41, 5.74) is 4.79. The van der Waals surface area contributed by atoms with Crippen molar-refractivity contribution in [3.05, 3.63) is 42.0 Å². The number of nitrogens with one attached hydrogen (secondary N) is 2. The van der Waals surface area contributed by atoms with Crippen LogP contribution in [-0.2, 0) is 6.54 Å². The minimum atomic E-state index is -0.162. The van der Waals surface area contributed by atoms with Gasteiger partial charge in [0.15, 0.2) is 0 Å². The number of aryl methyl sites for hydroxylation is 2. The summed E-state index contributed by atoms with van der Waals surface area (Å²) < 4.78 is 2.25. The second-order valence-corrected chi connectivity index (χ2v) is 7.43. The van der Waals surface area contributed by atoms with Crippen molar-refractivity contribution in [2.24, 2.45) is 0 Å². The second kappa shape index (κ2) is 7.14. The van der Waals surface area contributed by atoms with Crippen LogP contribution in [0.1, 0.15) is 43.0 Å². The number of hydrogen-bond acceptors (Lipinski definition) is 3. The lowest BCUT2D eigenvalue weighted by molar-refractivity contribution is 0.204. The van der Waals surface area contributed by atoms with Crippen molar-refractivity contribution < 1.29 is 4.79 Å². The number of carbonyl (C=O) groups is 1. The predicted octanol–water partition coefficient (Wildman–Crippen LogP) is 3.87. The SMILES string of the molecule is C=Cc1nc(-c2cc3ccc4nc3n2CCCCN(C)C(=O)N[C@@H]4C)c(C)[nH]1. The third kappa shape index (κ3) is 3.17. The highest BCUT2D eigenvalue weighted by Crippen LogP contribution is 2.30. The Balaban J connectivity index is 1.86. The number of urea groups is 1. The normalized spacial score (nSPS) is 18.0. The van der Waals surface area contributed by atoms with Gasteiger partial charge in [-0.1, -0.05) is 6.58 Å². The molecular formula is C21H26N6O. The summed E-state index contributed by atoms with van der Waals surface area (Å²) in [7, 11) is 1.83. The summed E-state index contributed by atoms with van der Waals surface area (Å²) >= 11 is 0. The number of aromatic amines is 1. The molecule has 4 heterocycles. The largest absolute Gasteiger partial charge is 0.342 e. The highest BCUT2D eigenvalue weighted by molar-refractivity contribution is 5.84. The summed E-state index contributed by atoms with van der Waals surface area (Å²) in [4.78, 5) is 26.9. The number of carbonyl (C=O) groups excluding carboxylic acids is 1. The maximum atomic E-state index is 12.3. The Morgan fingerprint density at radius 3 is 2.79 bits per heavy atom. The van der Waals surface area contributed by atoms with Gasteiger partial charge in [-0.25, -0.2) is 14.8 Å². The molecule has 1 aliphatic heterocycles. The van der Waals surface area contributed by atoms with Gasteiger partial charge >= 0.3 is 6.03 Å². The number of aromatic nitrogens is 4. The first-order valence-corrected chi connectivity index (χ1v) is 9.69. The molecule has 0 saturated carbocycles. The number of rotatable bonds is 2. The zero-order valence-electron chi connectivity index (χ0n) is 16.6. The fourth-order valence-corrected chi connectivity index (χ4v) is 3.73. The zero-order chi connectivity index (χ0) is 19.8. The van der Waals surface area contributed by atoms with E-state index in [-0.39, 0.29) is 12.1 Å². The van der Waals surface area contributed by atoms with Crippen LogP contribution < -0.4 is 5.32 Å². The highest BCUT2D eigenvalue weighted by atomic mass is 16.2. The van der Waals surface area contributed by atoms with Gasteiger partial charge < -0.3 is 19.8 Å². The molecule has 28 heavy (non-hydrogen) atoms. The van der Waals surface area contributed by atoms with Crippen molar-refractivity contribution in [1.29, 1.82) is 0 Å². The Morgan fingerprint density at radius 1 is 1.25 bits per heavy atom. The van der Waals surface area contributed by atoms with E-state index in [1.165, 1.54) is 0 Å². The van der Waals surface area contributed by atoms with Crippen LogP contribution in [0.3, 0.4) is 0 Å². The van der Waals surface area contributed by atoms with Gasteiger partial charge in [0.25, 0.3) is 0 Å². The van der Waals surface area contributed by atoms with Crippen LogP contribution in [0.2, 0.25) is 0 Å². The lowest BCUT2D eigenvalue weighted by Crippen LogP contribution is -2.39. The fraction of sp³-hybridized carbons (Fsp3) is 0.381. The van der Waals surface area contributed by atoms with Crippen LogP contribution in [0.5, 0.6) is 0 Å². The molecule has 3 aromatic heterocycles. The van der Waals surface area contributed by atoms with Crippen LogP contribution in [0.4, 0.5) is 4.79 Å².